The quantitative estimate of drug-likeness (QED) is 0.868. The van der Waals surface area contributed by atoms with E-state index in [1.165, 1.54) is 0 Å². The van der Waals surface area contributed by atoms with Crippen molar-refractivity contribution in [3.05, 3.63) is 29.8 Å². The lowest BCUT2D eigenvalue weighted by Crippen LogP contribution is -2.41. The van der Waals surface area contributed by atoms with Crippen LogP contribution in [0, 0.1) is 5.92 Å². The van der Waals surface area contributed by atoms with Gasteiger partial charge in [0.1, 0.15) is 0 Å². The van der Waals surface area contributed by atoms with E-state index < -0.39 is 0 Å². The van der Waals surface area contributed by atoms with Gasteiger partial charge in [-0.15, -0.1) is 0 Å². The maximum absolute atomic E-state index is 11.3. The first-order valence-corrected chi connectivity index (χ1v) is 7.01. The molecule has 1 amide bonds. The zero-order chi connectivity index (χ0) is 13.8. The molecule has 104 valence electrons. The Bertz CT molecular complexity index is 430. The van der Waals surface area contributed by atoms with E-state index in [1.54, 1.807) is 0 Å². The van der Waals surface area contributed by atoms with Crippen LogP contribution in [-0.4, -0.2) is 19.0 Å². The first kappa shape index (κ1) is 13.9. The van der Waals surface area contributed by atoms with Crippen molar-refractivity contribution in [2.45, 2.75) is 32.2 Å². The fourth-order valence-corrected chi connectivity index (χ4v) is 2.61. The van der Waals surface area contributed by atoms with Gasteiger partial charge in [-0.3, -0.25) is 4.79 Å². The molecule has 0 radical (unpaired) electrons. The Hall–Kier alpha value is -1.55. The second kappa shape index (κ2) is 6.06. The average molecular weight is 261 g/mol. The summed E-state index contributed by atoms with van der Waals surface area (Å²) in [5.41, 5.74) is 13.7. The number of hydrogen-bond donors (Lipinski definition) is 2. The lowest BCUT2D eigenvalue weighted by atomic mass is 9.96. The molecule has 4 nitrogen and oxygen atoms in total. The Morgan fingerprint density at radius 2 is 2.11 bits per heavy atom. The van der Waals surface area contributed by atoms with Gasteiger partial charge in [-0.25, -0.2) is 0 Å². The molecule has 1 heterocycles. The molecule has 4 N–H and O–H groups in total. The van der Waals surface area contributed by atoms with Gasteiger partial charge >= 0.3 is 0 Å². The van der Waals surface area contributed by atoms with Crippen LogP contribution in [0.4, 0.5) is 5.69 Å². The Kier molecular flexibility index (Phi) is 4.43. The number of nitrogens with two attached hydrogens (primary N) is 2. The molecule has 2 atom stereocenters. The summed E-state index contributed by atoms with van der Waals surface area (Å²) in [6.45, 7) is 3.80. The lowest BCUT2D eigenvalue weighted by Gasteiger charge is -2.33. The Balaban J connectivity index is 2.07. The van der Waals surface area contributed by atoms with Gasteiger partial charge < -0.3 is 16.4 Å². The first-order valence-electron chi connectivity index (χ1n) is 7.01. The average Bonchev–Trinajstić information content (AvgIpc) is 2.46. The van der Waals surface area contributed by atoms with Crippen molar-refractivity contribution in [3.8, 4) is 0 Å². The summed E-state index contributed by atoms with van der Waals surface area (Å²) in [7, 11) is 0. The van der Waals surface area contributed by atoms with Crippen molar-refractivity contribution < 1.29 is 4.79 Å². The zero-order valence-corrected chi connectivity index (χ0v) is 11.5. The van der Waals surface area contributed by atoms with E-state index in [9.17, 15) is 4.79 Å². The third kappa shape index (κ3) is 3.26. The summed E-state index contributed by atoms with van der Waals surface area (Å²) in [6.07, 6.45) is 2.86. The monoisotopic (exact) mass is 261 g/mol. The first-order chi connectivity index (χ1) is 9.11. The molecular formula is C15H23N3O. The van der Waals surface area contributed by atoms with Crippen LogP contribution in [0.1, 0.15) is 37.8 Å². The van der Waals surface area contributed by atoms with Crippen LogP contribution in [0.25, 0.3) is 0 Å². The Labute approximate surface area is 114 Å². The maximum Gasteiger partial charge on any atom is 0.222 e. The van der Waals surface area contributed by atoms with E-state index in [1.807, 2.05) is 0 Å². The number of carbonyl (C=O) groups is 1. The summed E-state index contributed by atoms with van der Waals surface area (Å²) >= 11 is 0. The number of nitrogens with zero attached hydrogens (tertiary/aromatic N) is 1. The minimum absolute atomic E-state index is 0.0219. The molecule has 2 unspecified atom stereocenters. The highest BCUT2D eigenvalue weighted by Gasteiger charge is 2.24. The number of piperidine rings is 1. The molecule has 2 rings (SSSR count). The number of anilines is 1. The number of rotatable bonds is 4. The zero-order valence-electron chi connectivity index (χ0n) is 11.5. The van der Waals surface area contributed by atoms with Crippen molar-refractivity contribution in [1.82, 2.24) is 0 Å². The summed E-state index contributed by atoms with van der Waals surface area (Å²) in [4.78, 5) is 13.5. The molecule has 1 aromatic rings. The summed E-state index contributed by atoms with van der Waals surface area (Å²) in [6, 6.07) is 8.45. The highest BCUT2D eigenvalue weighted by atomic mass is 16.1. The van der Waals surface area contributed by atoms with Crippen molar-refractivity contribution in [2.24, 2.45) is 17.4 Å². The van der Waals surface area contributed by atoms with Crippen LogP contribution in [-0.2, 0) is 4.79 Å². The standard InChI is InChI=1S/C15H23N3O/c1-2-14(16)11-5-7-13(8-6-11)18-9-3-4-12(10-18)15(17)19/h5-8,12,14H,2-4,9-10,16H2,1H3,(H2,17,19). The van der Waals surface area contributed by atoms with Crippen LogP contribution in [0.2, 0.25) is 0 Å². The summed E-state index contributed by atoms with van der Waals surface area (Å²) in [5.74, 6) is -0.208. The van der Waals surface area contributed by atoms with Crippen molar-refractivity contribution in [1.29, 1.82) is 0 Å². The van der Waals surface area contributed by atoms with Gasteiger partial charge in [0.05, 0.1) is 5.92 Å². The molecule has 0 spiro atoms. The van der Waals surface area contributed by atoms with E-state index >= 15 is 0 Å². The minimum Gasteiger partial charge on any atom is -0.371 e. The fourth-order valence-electron chi connectivity index (χ4n) is 2.61. The van der Waals surface area contributed by atoms with Crippen LogP contribution in [0.3, 0.4) is 0 Å². The number of amides is 1. The summed E-state index contributed by atoms with van der Waals surface area (Å²) in [5, 5.41) is 0. The molecule has 0 saturated carbocycles. The second-order valence-electron chi connectivity index (χ2n) is 5.29. The molecule has 1 aliphatic heterocycles. The maximum atomic E-state index is 11.3. The topological polar surface area (TPSA) is 72.3 Å². The van der Waals surface area contributed by atoms with E-state index in [0.717, 1.165) is 43.6 Å². The van der Waals surface area contributed by atoms with Crippen molar-refractivity contribution in [2.75, 3.05) is 18.0 Å². The van der Waals surface area contributed by atoms with Gasteiger partial charge in [0, 0.05) is 24.8 Å². The molecule has 1 aliphatic rings. The van der Waals surface area contributed by atoms with Crippen LogP contribution in [0.15, 0.2) is 24.3 Å². The SMILES string of the molecule is CCC(N)c1ccc(N2CCCC(C(N)=O)C2)cc1. The highest BCUT2D eigenvalue weighted by Crippen LogP contribution is 2.24. The van der Waals surface area contributed by atoms with Gasteiger partial charge in [0.15, 0.2) is 0 Å². The van der Waals surface area contributed by atoms with Gasteiger partial charge in [0.25, 0.3) is 0 Å². The molecule has 1 aromatic carbocycles. The van der Waals surface area contributed by atoms with Gasteiger partial charge in [0.2, 0.25) is 5.91 Å². The van der Waals surface area contributed by atoms with Crippen molar-refractivity contribution in [3.63, 3.8) is 0 Å². The third-order valence-electron chi connectivity index (χ3n) is 3.95. The molecular weight excluding hydrogens is 238 g/mol. The predicted octanol–water partition coefficient (Wildman–Crippen LogP) is 1.80. The summed E-state index contributed by atoms with van der Waals surface area (Å²) < 4.78 is 0. The second-order valence-corrected chi connectivity index (χ2v) is 5.29. The number of primary amides is 1. The van der Waals surface area contributed by atoms with Crippen LogP contribution < -0.4 is 16.4 Å². The van der Waals surface area contributed by atoms with Gasteiger partial charge in [-0.2, -0.15) is 0 Å². The Morgan fingerprint density at radius 3 is 2.68 bits per heavy atom. The molecule has 4 heteroatoms. The molecule has 1 fully saturated rings. The Morgan fingerprint density at radius 1 is 1.42 bits per heavy atom. The predicted molar refractivity (Wildman–Crippen MR) is 77.8 cm³/mol. The molecule has 0 aromatic heterocycles. The number of benzene rings is 1. The lowest BCUT2D eigenvalue weighted by molar-refractivity contribution is -0.122. The van der Waals surface area contributed by atoms with E-state index in [0.29, 0.717) is 0 Å². The molecule has 1 saturated heterocycles. The normalized spacial score (nSPS) is 21.2. The molecule has 0 bridgehead atoms. The van der Waals surface area contributed by atoms with Crippen LogP contribution in [0.5, 0.6) is 0 Å². The van der Waals surface area contributed by atoms with E-state index in [2.05, 4.69) is 36.1 Å². The third-order valence-corrected chi connectivity index (χ3v) is 3.95. The fraction of sp³-hybridized carbons (Fsp3) is 0.533. The van der Waals surface area contributed by atoms with Crippen LogP contribution >= 0.6 is 0 Å². The molecule has 0 aliphatic carbocycles. The van der Waals surface area contributed by atoms with Crippen molar-refractivity contribution >= 4 is 11.6 Å². The smallest absolute Gasteiger partial charge is 0.222 e. The number of carbonyl (C=O) groups excluding carboxylic acids is 1. The minimum atomic E-state index is -0.186. The van der Waals surface area contributed by atoms with Gasteiger partial charge in [-0.1, -0.05) is 19.1 Å². The molecule has 19 heavy (non-hydrogen) atoms. The number of hydrogen-bond acceptors (Lipinski definition) is 3. The highest BCUT2D eigenvalue weighted by molar-refractivity contribution is 5.77. The van der Waals surface area contributed by atoms with Gasteiger partial charge in [-0.05, 0) is 37.0 Å². The largest absolute Gasteiger partial charge is 0.371 e. The van der Waals surface area contributed by atoms with E-state index in [4.69, 9.17) is 11.5 Å². The van der Waals surface area contributed by atoms with E-state index in [-0.39, 0.29) is 17.9 Å².